The van der Waals surface area contributed by atoms with Gasteiger partial charge in [0.05, 0.1) is 13.7 Å². The molecule has 7 nitrogen and oxygen atoms in total. The molecule has 2 aliphatic heterocycles. The molecule has 1 N–H and O–H groups in total. The average molecular weight is 385 g/mol. The Kier molecular flexibility index (Phi) is 5.24. The van der Waals surface area contributed by atoms with E-state index in [1.54, 1.807) is 16.9 Å². The topological polar surface area (TPSA) is 79.0 Å². The number of hydrogen-bond acceptors (Lipinski definition) is 4. The molecular weight excluding hydrogens is 358 g/mol. The third-order valence-electron chi connectivity index (χ3n) is 6.20. The lowest BCUT2D eigenvalue weighted by Gasteiger charge is -2.45. The summed E-state index contributed by atoms with van der Waals surface area (Å²) in [5.41, 5.74) is 0.966. The summed E-state index contributed by atoms with van der Waals surface area (Å²) >= 11 is 0. The van der Waals surface area contributed by atoms with Crippen molar-refractivity contribution in [1.29, 1.82) is 0 Å². The first-order chi connectivity index (χ1) is 13.6. The molecule has 3 fully saturated rings. The number of benzene rings is 1. The zero-order chi connectivity index (χ0) is 19.7. The lowest BCUT2D eigenvalue weighted by molar-refractivity contribution is -0.156. The minimum atomic E-state index is -0.571. The minimum Gasteiger partial charge on any atom is -0.497 e. The van der Waals surface area contributed by atoms with E-state index in [-0.39, 0.29) is 23.6 Å². The molecule has 7 heteroatoms. The Balaban J connectivity index is 1.41. The molecule has 1 saturated carbocycles. The normalized spacial score (nSPS) is 25.5. The van der Waals surface area contributed by atoms with Gasteiger partial charge in [0.1, 0.15) is 17.8 Å². The number of hydrogen-bond donors (Lipinski definition) is 1. The molecule has 0 bridgehead atoms. The smallest absolute Gasteiger partial charge is 0.246 e. The number of amides is 3. The summed E-state index contributed by atoms with van der Waals surface area (Å²) in [4.78, 5) is 41.8. The van der Waals surface area contributed by atoms with Crippen molar-refractivity contribution in [3.63, 3.8) is 0 Å². The number of carbonyl (C=O) groups is 3. The molecule has 1 aromatic carbocycles. The van der Waals surface area contributed by atoms with Crippen molar-refractivity contribution in [3.8, 4) is 5.75 Å². The van der Waals surface area contributed by atoms with E-state index in [9.17, 15) is 14.4 Å². The zero-order valence-electron chi connectivity index (χ0n) is 16.2. The van der Waals surface area contributed by atoms with Crippen molar-refractivity contribution < 1.29 is 19.1 Å². The number of nitrogens with zero attached hydrogens (tertiary/aromatic N) is 2. The second-order valence-corrected chi connectivity index (χ2v) is 7.93. The average Bonchev–Trinajstić information content (AvgIpc) is 3.26. The number of fused-ring (bicyclic) bond motifs is 1. The van der Waals surface area contributed by atoms with Crippen molar-refractivity contribution in [3.05, 3.63) is 29.8 Å². The maximum Gasteiger partial charge on any atom is 0.246 e. The van der Waals surface area contributed by atoms with E-state index in [4.69, 9.17) is 4.74 Å². The number of carbonyl (C=O) groups excluding carboxylic acids is 3. The maximum atomic E-state index is 12.9. The number of rotatable bonds is 4. The van der Waals surface area contributed by atoms with E-state index in [2.05, 4.69) is 5.32 Å². The molecule has 3 amide bonds. The van der Waals surface area contributed by atoms with Gasteiger partial charge >= 0.3 is 0 Å². The summed E-state index contributed by atoms with van der Waals surface area (Å²) in [6.45, 7) is 1.25. The highest BCUT2D eigenvalue weighted by molar-refractivity contribution is 5.98. The molecule has 0 radical (unpaired) electrons. The second kappa shape index (κ2) is 7.81. The molecule has 150 valence electrons. The molecule has 2 atom stereocenters. The first-order valence-electron chi connectivity index (χ1n) is 10.1. The largest absolute Gasteiger partial charge is 0.497 e. The number of ether oxygens (including phenoxy) is 1. The molecule has 1 aliphatic carbocycles. The highest BCUT2D eigenvalue weighted by Gasteiger charge is 2.44. The van der Waals surface area contributed by atoms with Crippen molar-refractivity contribution in [2.75, 3.05) is 26.7 Å². The molecular formula is C21H27N3O4. The summed E-state index contributed by atoms with van der Waals surface area (Å²) in [5.74, 6) is 0.774. The number of piperazine rings is 2. The SMILES string of the molecule is COc1ccc(C[C@H]2NC(=O)[C@@H]3CN(C(=O)C4CCCC4)CCN3C2=O)cc1. The number of methoxy groups -OCH3 is 1. The quantitative estimate of drug-likeness (QED) is 0.838. The van der Waals surface area contributed by atoms with Crippen molar-refractivity contribution in [2.45, 2.75) is 44.2 Å². The van der Waals surface area contributed by atoms with Crippen LogP contribution in [0.25, 0.3) is 0 Å². The highest BCUT2D eigenvalue weighted by Crippen LogP contribution is 2.28. The Morgan fingerprint density at radius 3 is 2.54 bits per heavy atom. The van der Waals surface area contributed by atoms with Crippen molar-refractivity contribution in [2.24, 2.45) is 5.92 Å². The summed E-state index contributed by atoms with van der Waals surface area (Å²) in [6, 6.07) is 6.37. The van der Waals surface area contributed by atoms with Gasteiger partial charge in [-0.15, -0.1) is 0 Å². The standard InChI is InChI=1S/C21H27N3O4/c1-28-16-8-6-14(7-9-16)12-17-21(27)24-11-10-23(13-18(24)19(25)22-17)20(26)15-4-2-3-5-15/h6-9,15,17-18H,2-5,10-13H2,1H3,(H,22,25)/t17-,18+/m1/s1. The first kappa shape index (κ1) is 18.8. The van der Waals surface area contributed by atoms with E-state index in [0.29, 0.717) is 26.1 Å². The van der Waals surface area contributed by atoms with Crippen LogP contribution in [0.1, 0.15) is 31.2 Å². The van der Waals surface area contributed by atoms with E-state index in [0.717, 1.165) is 37.0 Å². The van der Waals surface area contributed by atoms with Crippen LogP contribution in [0.2, 0.25) is 0 Å². The van der Waals surface area contributed by atoms with Crippen LogP contribution in [-0.4, -0.2) is 66.3 Å². The zero-order valence-corrected chi connectivity index (χ0v) is 16.2. The predicted octanol–water partition coefficient (Wildman–Crippen LogP) is 0.966. The van der Waals surface area contributed by atoms with Crippen LogP contribution < -0.4 is 10.1 Å². The van der Waals surface area contributed by atoms with Gasteiger partial charge in [-0.25, -0.2) is 0 Å². The molecule has 1 aromatic rings. The molecule has 4 rings (SSSR count). The van der Waals surface area contributed by atoms with Crippen LogP contribution >= 0.6 is 0 Å². The van der Waals surface area contributed by atoms with E-state index in [1.165, 1.54) is 0 Å². The van der Waals surface area contributed by atoms with Gasteiger partial charge in [-0.1, -0.05) is 25.0 Å². The highest BCUT2D eigenvalue weighted by atomic mass is 16.5. The van der Waals surface area contributed by atoms with E-state index < -0.39 is 12.1 Å². The summed E-state index contributed by atoms with van der Waals surface area (Å²) in [6.07, 6.45) is 4.54. The predicted molar refractivity (Wildman–Crippen MR) is 103 cm³/mol. The fourth-order valence-electron chi connectivity index (χ4n) is 4.57. The second-order valence-electron chi connectivity index (χ2n) is 7.93. The Bertz CT molecular complexity index is 757. The van der Waals surface area contributed by atoms with Gasteiger partial charge in [0.25, 0.3) is 0 Å². The third-order valence-corrected chi connectivity index (χ3v) is 6.20. The van der Waals surface area contributed by atoms with Crippen LogP contribution in [-0.2, 0) is 20.8 Å². The number of nitrogens with one attached hydrogen (secondary N) is 1. The van der Waals surface area contributed by atoms with Gasteiger partial charge in [0.2, 0.25) is 17.7 Å². The van der Waals surface area contributed by atoms with Crippen molar-refractivity contribution >= 4 is 17.7 Å². The molecule has 0 spiro atoms. The molecule has 2 saturated heterocycles. The summed E-state index contributed by atoms with van der Waals surface area (Å²) < 4.78 is 5.16. The van der Waals surface area contributed by atoms with Crippen LogP contribution in [0, 0.1) is 5.92 Å². The summed E-state index contributed by atoms with van der Waals surface area (Å²) in [7, 11) is 1.61. The fourth-order valence-corrected chi connectivity index (χ4v) is 4.57. The van der Waals surface area contributed by atoms with Gasteiger partial charge in [-0.05, 0) is 30.5 Å². The molecule has 3 aliphatic rings. The molecule has 28 heavy (non-hydrogen) atoms. The first-order valence-corrected chi connectivity index (χ1v) is 10.1. The molecule has 2 heterocycles. The lowest BCUT2D eigenvalue weighted by atomic mass is 9.97. The van der Waals surface area contributed by atoms with Gasteiger partial charge in [-0.2, -0.15) is 0 Å². The monoisotopic (exact) mass is 385 g/mol. The van der Waals surface area contributed by atoms with Crippen LogP contribution in [0.3, 0.4) is 0 Å². The summed E-state index contributed by atoms with van der Waals surface area (Å²) in [5, 5.41) is 2.87. The third kappa shape index (κ3) is 3.57. The minimum absolute atomic E-state index is 0.0617. The van der Waals surface area contributed by atoms with Crippen LogP contribution in [0.5, 0.6) is 5.75 Å². The maximum absolute atomic E-state index is 12.9. The molecule has 0 aromatic heterocycles. The van der Waals surface area contributed by atoms with Gasteiger partial charge < -0.3 is 19.9 Å². The van der Waals surface area contributed by atoms with Crippen molar-refractivity contribution in [1.82, 2.24) is 15.1 Å². The molecule has 0 unspecified atom stereocenters. The van der Waals surface area contributed by atoms with E-state index in [1.807, 2.05) is 24.3 Å². The van der Waals surface area contributed by atoms with Crippen LogP contribution in [0.15, 0.2) is 24.3 Å². The Labute approximate surface area is 165 Å². The Hall–Kier alpha value is -2.57. The Morgan fingerprint density at radius 1 is 1.14 bits per heavy atom. The lowest BCUT2D eigenvalue weighted by Crippen LogP contribution is -2.70. The van der Waals surface area contributed by atoms with Crippen LogP contribution in [0.4, 0.5) is 0 Å². The van der Waals surface area contributed by atoms with E-state index >= 15 is 0 Å². The van der Waals surface area contributed by atoms with Gasteiger partial charge in [0, 0.05) is 25.4 Å². The van der Waals surface area contributed by atoms with Gasteiger partial charge in [-0.3, -0.25) is 14.4 Å². The fraction of sp³-hybridized carbons (Fsp3) is 0.571. The Morgan fingerprint density at radius 2 is 1.86 bits per heavy atom. The van der Waals surface area contributed by atoms with Gasteiger partial charge in [0.15, 0.2) is 0 Å².